The molecule has 0 spiro atoms. The van der Waals surface area contributed by atoms with Crippen LogP contribution in [0.15, 0.2) is 58.2 Å². The molecule has 2 heterocycles. The molecule has 1 aromatic heterocycles. The number of amides is 1. The molecule has 1 amide bonds. The second-order valence-corrected chi connectivity index (χ2v) is 7.59. The van der Waals surface area contributed by atoms with Crippen molar-refractivity contribution in [2.45, 2.75) is 31.1 Å². The molecule has 8 heteroatoms. The van der Waals surface area contributed by atoms with E-state index in [4.69, 9.17) is 9.15 Å². The van der Waals surface area contributed by atoms with E-state index in [1.807, 2.05) is 23.1 Å². The summed E-state index contributed by atoms with van der Waals surface area (Å²) in [6.07, 6.45) is 1.32. The molecule has 3 aromatic rings. The van der Waals surface area contributed by atoms with Crippen molar-refractivity contribution in [3.63, 3.8) is 0 Å². The van der Waals surface area contributed by atoms with Gasteiger partial charge in [0, 0.05) is 12.2 Å². The minimum Gasteiger partial charge on any atom is -0.478 e. The number of aromatic nitrogens is 2. The summed E-state index contributed by atoms with van der Waals surface area (Å²) in [5.41, 5.74) is 2.17. The van der Waals surface area contributed by atoms with Crippen LogP contribution in [-0.2, 0) is 11.2 Å². The Bertz CT molecular complexity index is 1010. The number of para-hydroxylation sites is 2. The van der Waals surface area contributed by atoms with Gasteiger partial charge in [-0.1, -0.05) is 42.1 Å². The molecule has 29 heavy (non-hydrogen) atoms. The summed E-state index contributed by atoms with van der Waals surface area (Å²) >= 11 is 1.18. The number of thioether (sulfide) groups is 1. The fourth-order valence-corrected chi connectivity index (χ4v) is 3.86. The molecular formula is C21H20FN3O3S. The molecule has 0 saturated carbocycles. The van der Waals surface area contributed by atoms with E-state index in [1.54, 1.807) is 19.1 Å². The number of carbonyl (C=O) groups is 1. The lowest BCUT2D eigenvalue weighted by Crippen LogP contribution is -2.36. The van der Waals surface area contributed by atoms with E-state index >= 15 is 0 Å². The minimum atomic E-state index is -0.613. The Morgan fingerprint density at radius 1 is 1.24 bits per heavy atom. The van der Waals surface area contributed by atoms with Crippen LogP contribution in [0.2, 0.25) is 0 Å². The molecule has 0 bridgehead atoms. The minimum absolute atomic E-state index is 0.00226. The van der Waals surface area contributed by atoms with Gasteiger partial charge in [0.15, 0.2) is 17.7 Å². The molecule has 0 fully saturated rings. The Labute approximate surface area is 172 Å². The van der Waals surface area contributed by atoms with Crippen molar-refractivity contribution in [2.24, 2.45) is 0 Å². The summed E-state index contributed by atoms with van der Waals surface area (Å²) in [5.74, 6) is 0.0784. The highest BCUT2D eigenvalue weighted by Gasteiger charge is 2.23. The Balaban J connectivity index is 1.36. The monoisotopic (exact) mass is 413 g/mol. The van der Waals surface area contributed by atoms with Gasteiger partial charge in [0.25, 0.3) is 11.1 Å². The van der Waals surface area contributed by atoms with Crippen LogP contribution in [0.5, 0.6) is 5.75 Å². The Morgan fingerprint density at radius 3 is 2.90 bits per heavy atom. The van der Waals surface area contributed by atoms with E-state index in [1.165, 1.54) is 29.5 Å². The number of carbonyl (C=O) groups excluding carboxylic acids is 1. The first kappa shape index (κ1) is 19.4. The second-order valence-electron chi connectivity index (χ2n) is 6.66. The van der Waals surface area contributed by atoms with Crippen molar-refractivity contribution in [3.8, 4) is 5.75 Å². The van der Waals surface area contributed by atoms with Gasteiger partial charge in [-0.3, -0.25) is 4.79 Å². The van der Waals surface area contributed by atoms with E-state index in [9.17, 15) is 9.18 Å². The third kappa shape index (κ3) is 4.42. The maximum Gasteiger partial charge on any atom is 0.277 e. The van der Waals surface area contributed by atoms with Gasteiger partial charge in [0.2, 0.25) is 5.91 Å². The van der Waals surface area contributed by atoms with Crippen LogP contribution < -0.4 is 9.64 Å². The van der Waals surface area contributed by atoms with Gasteiger partial charge >= 0.3 is 0 Å². The predicted molar refractivity (Wildman–Crippen MR) is 108 cm³/mol. The normalized spacial score (nSPS) is 14.3. The summed E-state index contributed by atoms with van der Waals surface area (Å²) in [7, 11) is 0. The molecule has 6 nitrogen and oxygen atoms in total. The number of fused-ring (bicyclic) bond motifs is 1. The number of ether oxygens (including phenoxy) is 1. The average molecular weight is 413 g/mol. The van der Waals surface area contributed by atoms with Crippen LogP contribution in [0.4, 0.5) is 10.1 Å². The number of benzene rings is 2. The molecule has 1 unspecified atom stereocenters. The molecule has 4 rings (SSSR count). The predicted octanol–water partition coefficient (Wildman–Crippen LogP) is 4.42. The van der Waals surface area contributed by atoms with Crippen molar-refractivity contribution < 1.29 is 18.3 Å². The maximum absolute atomic E-state index is 13.7. The number of nitrogens with zero attached hydrogens (tertiary/aromatic N) is 3. The molecular weight excluding hydrogens is 393 g/mol. The molecule has 1 atom stereocenters. The summed E-state index contributed by atoms with van der Waals surface area (Å²) in [4.78, 5) is 14.5. The van der Waals surface area contributed by atoms with Gasteiger partial charge < -0.3 is 14.1 Å². The van der Waals surface area contributed by atoms with Gasteiger partial charge in [0.05, 0.1) is 5.75 Å². The SMILES string of the molecule is CC(Oc1ccccc1F)c1nnc(SCC(=O)N2CCCc3ccccc32)o1. The van der Waals surface area contributed by atoms with Gasteiger partial charge in [-0.25, -0.2) is 4.39 Å². The first-order valence-electron chi connectivity index (χ1n) is 9.37. The van der Waals surface area contributed by atoms with E-state index in [0.717, 1.165) is 18.5 Å². The summed E-state index contributed by atoms with van der Waals surface area (Å²) < 4.78 is 24.9. The quantitative estimate of drug-likeness (QED) is 0.557. The van der Waals surface area contributed by atoms with Crippen LogP contribution >= 0.6 is 11.8 Å². The fourth-order valence-electron chi connectivity index (χ4n) is 3.22. The molecule has 0 aliphatic carbocycles. The highest BCUT2D eigenvalue weighted by Crippen LogP contribution is 2.29. The number of anilines is 1. The van der Waals surface area contributed by atoms with Crippen LogP contribution in [0.25, 0.3) is 0 Å². The second kappa shape index (κ2) is 8.65. The zero-order chi connectivity index (χ0) is 20.2. The van der Waals surface area contributed by atoms with Gasteiger partial charge in [-0.15, -0.1) is 10.2 Å². The van der Waals surface area contributed by atoms with Crippen LogP contribution in [0, 0.1) is 5.82 Å². The first-order chi connectivity index (χ1) is 14.1. The van der Waals surface area contributed by atoms with Crippen molar-refractivity contribution in [3.05, 3.63) is 65.8 Å². The first-order valence-corrected chi connectivity index (χ1v) is 10.4. The third-order valence-corrected chi connectivity index (χ3v) is 5.44. The fraction of sp³-hybridized carbons (Fsp3) is 0.286. The van der Waals surface area contributed by atoms with E-state index in [2.05, 4.69) is 16.3 Å². The smallest absolute Gasteiger partial charge is 0.277 e. The zero-order valence-electron chi connectivity index (χ0n) is 15.9. The van der Waals surface area contributed by atoms with E-state index in [-0.39, 0.29) is 28.5 Å². The lowest BCUT2D eigenvalue weighted by atomic mass is 10.0. The summed E-state index contributed by atoms with van der Waals surface area (Å²) in [6, 6.07) is 14.1. The van der Waals surface area contributed by atoms with Gasteiger partial charge in [-0.05, 0) is 43.5 Å². The van der Waals surface area contributed by atoms with Crippen LogP contribution in [-0.4, -0.2) is 28.4 Å². The largest absolute Gasteiger partial charge is 0.478 e. The standard InChI is InChI=1S/C21H20FN3O3S/c1-14(27-18-11-5-3-9-16(18)22)20-23-24-21(28-20)29-13-19(26)25-12-6-8-15-7-2-4-10-17(15)25/h2-5,7,9-11,14H,6,8,12-13H2,1H3. The molecule has 150 valence electrons. The molecule has 0 saturated heterocycles. The van der Waals surface area contributed by atoms with Crippen LogP contribution in [0.3, 0.4) is 0 Å². The molecule has 0 radical (unpaired) electrons. The Morgan fingerprint density at radius 2 is 2.03 bits per heavy atom. The number of hydrogen-bond acceptors (Lipinski definition) is 6. The molecule has 1 aliphatic heterocycles. The van der Waals surface area contributed by atoms with E-state index in [0.29, 0.717) is 6.54 Å². The lowest BCUT2D eigenvalue weighted by Gasteiger charge is -2.29. The Hall–Kier alpha value is -2.87. The molecule has 1 aliphatic rings. The summed E-state index contributed by atoms with van der Waals surface area (Å²) in [5, 5.41) is 8.20. The molecule has 0 N–H and O–H groups in total. The number of rotatable bonds is 6. The Kier molecular flexibility index (Phi) is 5.80. The topological polar surface area (TPSA) is 68.5 Å². The van der Waals surface area contributed by atoms with Crippen molar-refractivity contribution in [2.75, 3.05) is 17.2 Å². The molecule has 2 aromatic carbocycles. The maximum atomic E-state index is 13.7. The van der Waals surface area contributed by atoms with Crippen molar-refractivity contribution >= 4 is 23.4 Å². The highest BCUT2D eigenvalue weighted by molar-refractivity contribution is 7.99. The lowest BCUT2D eigenvalue weighted by molar-refractivity contribution is -0.116. The summed E-state index contributed by atoms with van der Waals surface area (Å²) in [6.45, 7) is 2.41. The average Bonchev–Trinajstić information content (AvgIpc) is 3.22. The number of hydrogen-bond donors (Lipinski definition) is 0. The van der Waals surface area contributed by atoms with Gasteiger partial charge in [-0.2, -0.15) is 0 Å². The number of halogens is 1. The van der Waals surface area contributed by atoms with Crippen LogP contribution in [0.1, 0.15) is 30.9 Å². The van der Waals surface area contributed by atoms with Crippen molar-refractivity contribution in [1.82, 2.24) is 10.2 Å². The highest BCUT2D eigenvalue weighted by atomic mass is 32.2. The third-order valence-electron chi connectivity index (χ3n) is 4.64. The van der Waals surface area contributed by atoms with Crippen molar-refractivity contribution in [1.29, 1.82) is 0 Å². The zero-order valence-corrected chi connectivity index (χ0v) is 16.7. The number of aryl methyl sites for hydroxylation is 1. The van der Waals surface area contributed by atoms with Gasteiger partial charge in [0.1, 0.15) is 0 Å². The van der Waals surface area contributed by atoms with E-state index < -0.39 is 11.9 Å².